The van der Waals surface area contributed by atoms with Gasteiger partial charge in [0, 0.05) is 28.5 Å². The van der Waals surface area contributed by atoms with Crippen molar-refractivity contribution < 1.29 is 4.79 Å². The van der Waals surface area contributed by atoms with Crippen LogP contribution in [0, 0.1) is 20.8 Å². The number of H-pyrrole nitrogens is 2. The SMILES string of the molecule is Cc1cc(C)c(CN(C(=O)c2c(C)[nH]c3cnccc23)[C@@H](C)c2ccccc2)c(=O)[nH]1. The van der Waals surface area contributed by atoms with Crippen molar-refractivity contribution in [2.75, 3.05) is 0 Å². The Bertz CT molecular complexity index is 1300. The van der Waals surface area contributed by atoms with Gasteiger partial charge >= 0.3 is 0 Å². The number of aromatic nitrogens is 3. The van der Waals surface area contributed by atoms with Crippen molar-refractivity contribution in [3.8, 4) is 0 Å². The lowest BCUT2D eigenvalue weighted by Gasteiger charge is -2.30. The molecule has 3 aromatic heterocycles. The van der Waals surface area contributed by atoms with Crippen LogP contribution in [-0.4, -0.2) is 25.8 Å². The van der Waals surface area contributed by atoms with E-state index in [0.29, 0.717) is 11.1 Å². The van der Waals surface area contributed by atoms with Crippen LogP contribution in [0.3, 0.4) is 0 Å². The van der Waals surface area contributed by atoms with E-state index < -0.39 is 0 Å². The number of hydrogen-bond acceptors (Lipinski definition) is 3. The van der Waals surface area contributed by atoms with Crippen LogP contribution in [0.15, 0.2) is 59.7 Å². The second kappa shape index (κ2) is 8.22. The summed E-state index contributed by atoms with van der Waals surface area (Å²) in [6, 6.07) is 13.4. The molecule has 158 valence electrons. The fourth-order valence-corrected chi connectivity index (χ4v) is 4.14. The molecule has 0 radical (unpaired) electrons. The normalized spacial score (nSPS) is 12.1. The number of carbonyl (C=O) groups is 1. The molecule has 0 aliphatic rings. The van der Waals surface area contributed by atoms with E-state index in [9.17, 15) is 9.59 Å². The van der Waals surface area contributed by atoms with Crippen molar-refractivity contribution in [2.24, 2.45) is 0 Å². The first-order valence-electron chi connectivity index (χ1n) is 10.3. The Kier molecular flexibility index (Phi) is 5.46. The summed E-state index contributed by atoms with van der Waals surface area (Å²) in [5.74, 6) is -0.120. The maximum absolute atomic E-state index is 13.9. The van der Waals surface area contributed by atoms with E-state index in [-0.39, 0.29) is 24.1 Å². The summed E-state index contributed by atoms with van der Waals surface area (Å²) in [5.41, 5.74) is 5.35. The third kappa shape index (κ3) is 3.89. The molecule has 4 rings (SSSR count). The Morgan fingerprint density at radius 1 is 1.10 bits per heavy atom. The average molecular weight is 415 g/mol. The van der Waals surface area contributed by atoms with Crippen LogP contribution in [0.1, 0.15) is 51.4 Å². The molecule has 1 atom stereocenters. The van der Waals surface area contributed by atoms with Gasteiger partial charge in [-0.05, 0) is 51.0 Å². The number of nitrogens with zero attached hydrogens (tertiary/aromatic N) is 2. The zero-order chi connectivity index (χ0) is 22.1. The molecule has 0 fully saturated rings. The number of pyridine rings is 2. The van der Waals surface area contributed by atoms with Crippen molar-refractivity contribution in [2.45, 2.75) is 40.3 Å². The first-order valence-corrected chi connectivity index (χ1v) is 10.3. The molecule has 1 aromatic carbocycles. The van der Waals surface area contributed by atoms with E-state index in [2.05, 4.69) is 15.0 Å². The third-order valence-electron chi connectivity index (χ3n) is 5.83. The summed E-state index contributed by atoms with van der Waals surface area (Å²) < 4.78 is 0. The van der Waals surface area contributed by atoms with E-state index in [1.165, 1.54) is 0 Å². The lowest BCUT2D eigenvalue weighted by molar-refractivity contribution is 0.0674. The summed E-state index contributed by atoms with van der Waals surface area (Å²) >= 11 is 0. The predicted molar refractivity (Wildman–Crippen MR) is 122 cm³/mol. The highest BCUT2D eigenvalue weighted by atomic mass is 16.2. The van der Waals surface area contributed by atoms with Crippen LogP contribution in [0.2, 0.25) is 0 Å². The minimum Gasteiger partial charge on any atom is -0.357 e. The van der Waals surface area contributed by atoms with Gasteiger partial charge in [0.25, 0.3) is 11.5 Å². The fraction of sp³-hybridized carbons (Fsp3) is 0.240. The lowest BCUT2D eigenvalue weighted by Crippen LogP contribution is -2.36. The zero-order valence-corrected chi connectivity index (χ0v) is 18.2. The Morgan fingerprint density at radius 2 is 1.84 bits per heavy atom. The molecule has 0 saturated heterocycles. The van der Waals surface area contributed by atoms with Crippen LogP contribution in [0.25, 0.3) is 10.9 Å². The summed E-state index contributed by atoms with van der Waals surface area (Å²) in [6.45, 7) is 7.87. The maximum atomic E-state index is 13.9. The van der Waals surface area contributed by atoms with E-state index in [1.54, 1.807) is 17.3 Å². The van der Waals surface area contributed by atoms with Crippen LogP contribution >= 0.6 is 0 Å². The molecule has 0 aliphatic carbocycles. The first-order chi connectivity index (χ1) is 14.9. The molecule has 2 N–H and O–H groups in total. The summed E-state index contributed by atoms with van der Waals surface area (Å²) in [6.07, 6.45) is 3.41. The molecule has 0 saturated carbocycles. The molecule has 31 heavy (non-hydrogen) atoms. The minimum absolute atomic E-state index is 0.120. The number of benzene rings is 1. The topological polar surface area (TPSA) is 81.8 Å². The highest BCUT2D eigenvalue weighted by Gasteiger charge is 2.28. The average Bonchev–Trinajstić information content (AvgIpc) is 3.08. The van der Waals surface area contributed by atoms with Gasteiger partial charge in [0.2, 0.25) is 0 Å². The molecule has 6 nitrogen and oxygen atoms in total. The summed E-state index contributed by atoms with van der Waals surface area (Å²) in [7, 11) is 0. The number of aryl methyl sites for hydroxylation is 3. The van der Waals surface area contributed by atoms with Gasteiger partial charge in [-0.25, -0.2) is 0 Å². The van der Waals surface area contributed by atoms with Gasteiger partial charge < -0.3 is 14.9 Å². The van der Waals surface area contributed by atoms with E-state index >= 15 is 0 Å². The molecular weight excluding hydrogens is 388 g/mol. The molecule has 6 heteroatoms. The molecule has 0 unspecified atom stereocenters. The highest BCUT2D eigenvalue weighted by Crippen LogP contribution is 2.29. The molecule has 4 aromatic rings. The Balaban J connectivity index is 1.83. The Hall–Kier alpha value is -3.67. The largest absolute Gasteiger partial charge is 0.357 e. The number of fused-ring (bicyclic) bond motifs is 1. The smallest absolute Gasteiger partial charge is 0.257 e. The van der Waals surface area contributed by atoms with Gasteiger partial charge in [0.15, 0.2) is 0 Å². The lowest BCUT2D eigenvalue weighted by atomic mass is 10.0. The van der Waals surface area contributed by atoms with E-state index in [0.717, 1.165) is 33.4 Å². The van der Waals surface area contributed by atoms with Crippen molar-refractivity contribution in [3.05, 3.63) is 98.9 Å². The van der Waals surface area contributed by atoms with Gasteiger partial charge in [0.1, 0.15) is 0 Å². The summed E-state index contributed by atoms with van der Waals surface area (Å²) in [4.78, 5) is 38.7. The molecule has 0 spiro atoms. The second-order valence-corrected chi connectivity index (χ2v) is 8.01. The Morgan fingerprint density at radius 3 is 2.55 bits per heavy atom. The number of carbonyl (C=O) groups excluding carboxylic acids is 1. The quantitative estimate of drug-likeness (QED) is 0.501. The standard InChI is InChI=1S/C25H26N4O2/c1-15-12-16(2)27-24(30)21(15)14-29(18(4)19-8-6-5-7-9-19)25(31)23-17(3)28-22-13-26-11-10-20(22)23/h5-13,18,28H,14H2,1-4H3,(H,27,30)/t18-/m0/s1. The summed E-state index contributed by atoms with van der Waals surface area (Å²) in [5, 5.41) is 0.831. The van der Waals surface area contributed by atoms with Gasteiger partial charge in [-0.3, -0.25) is 14.6 Å². The van der Waals surface area contributed by atoms with Crippen LogP contribution in [-0.2, 0) is 6.54 Å². The molecule has 3 heterocycles. The van der Waals surface area contributed by atoms with Crippen LogP contribution < -0.4 is 5.56 Å². The monoisotopic (exact) mass is 414 g/mol. The van der Waals surface area contributed by atoms with Crippen molar-refractivity contribution in [3.63, 3.8) is 0 Å². The van der Waals surface area contributed by atoms with E-state index in [4.69, 9.17) is 0 Å². The third-order valence-corrected chi connectivity index (χ3v) is 5.83. The number of nitrogens with one attached hydrogen (secondary N) is 2. The fourth-order valence-electron chi connectivity index (χ4n) is 4.14. The highest BCUT2D eigenvalue weighted by molar-refractivity contribution is 6.08. The van der Waals surface area contributed by atoms with Crippen molar-refractivity contribution >= 4 is 16.8 Å². The van der Waals surface area contributed by atoms with Gasteiger partial charge in [-0.1, -0.05) is 30.3 Å². The number of amides is 1. The van der Waals surface area contributed by atoms with Crippen LogP contribution in [0.5, 0.6) is 0 Å². The molecule has 0 bridgehead atoms. The number of rotatable bonds is 5. The molecule has 0 aliphatic heterocycles. The number of hydrogen-bond donors (Lipinski definition) is 2. The zero-order valence-electron chi connectivity index (χ0n) is 18.2. The van der Waals surface area contributed by atoms with E-state index in [1.807, 2.05) is 70.2 Å². The Labute approximate surface area is 181 Å². The second-order valence-electron chi connectivity index (χ2n) is 8.01. The molecule has 1 amide bonds. The van der Waals surface area contributed by atoms with Gasteiger partial charge in [-0.2, -0.15) is 0 Å². The van der Waals surface area contributed by atoms with Gasteiger partial charge in [0.05, 0.1) is 29.9 Å². The van der Waals surface area contributed by atoms with Crippen molar-refractivity contribution in [1.82, 2.24) is 19.9 Å². The number of aromatic amines is 2. The minimum atomic E-state index is -0.222. The van der Waals surface area contributed by atoms with Gasteiger partial charge in [-0.15, -0.1) is 0 Å². The van der Waals surface area contributed by atoms with Crippen molar-refractivity contribution in [1.29, 1.82) is 0 Å². The van der Waals surface area contributed by atoms with Crippen LogP contribution in [0.4, 0.5) is 0 Å². The molecular formula is C25H26N4O2. The first kappa shape index (κ1) is 20.6. The maximum Gasteiger partial charge on any atom is 0.257 e. The predicted octanol–water partition coefficient (Wildman–Crippen LogP) is 4.58.